The zero-order valence-corrected chi connectivity index (χ0v) is 9.11. The molecule has 0 heterocycles. The van der Waals surface area contributed by atoms with Crippen molar-refractivity contribution in [2.45, 2.75) is 6.42 Å². The lowest BCUT2D eigenvalue weighted by atomic mass is 10.2. The number of hydrogen-bond donors (Lipinski definition) is 0. The van der Waals surface area contributed by atoms with Gasteiger partial charge in [-0.05, 0) is 18.1 Å². The Morgan fingerprint density at radius 3 is 2.46 bits per heavy atom. The van der Waals surface area contributed by atoms with E-state index in [4.69, 9.17) is 0 Å². The molecule has 0 bridgehead atoms. The molecule has 5 heteroatoms. The molecule has 0 saturated heterocycles. The third kappa shape index (κ3) is 3.87. The smallest absolute Gasteiger partial charge is 0.195 e. The minimum absolute atomic E-state index is 0.195. The van der Waals surface area contributed by atoms with Crippen molar-refractivity contribution in [1.82, 2.24) is 0 Å². The van der Waals surface area contributed by atoms with Gasteiger partial charge in [0, 0.05) is 4.47 Å². The molecule has 2 nitrogen and oxygen atoms in total. The Balaban J connectivity index is 2.71. The van der Waals surface area contributed by atoms with Crippen LogP contribution in [0.15, 0.2) is 28.7 Å². The highest BCUT2D eigenvalue weighted by molar-refractivity contribution is 9.10. The molecule has 0 spiro atoms. The molecule has 0 N–H and O–H groups in total. The summed E-state index contributed by atoms with van der Waals surface area (Å²) in [5.41, 5.74) is 0.795. The second-order valence-corrected chi connectivity index (χ2v) is 4.92. The van der Waals surface area contributed by atoms with E-state index in [2.05, 4.69) is 15.9 Å². The SMILES string of the molecule is O=S(=O)(F)CCc1ccccc1Br. The highest BCUT2D eigenvalue weighted by atomic mass is 79.9. The number of aryl methyl sites for hydroxylation is 1. The van der Waals surface area contributed by atoms with Gasteiger partial charge in [0.15, 0.2) is 0 Å². The molecule has 0 fully saturated rings. The zero-order valence-electron chi connectivity index (χ0n) is 6.70. The summed E-state index contributed by atoms with van der Waals surface area (Å²) in [5, 5.41) is 0. The maximum Gasteiger partial charge on any atom is 0.302 e. The Morgan fingerprint density at radius 1 is 1.31 bits per heavy atom. The van der Waals surface area contributed by atoms with Crippen molar-refractivity contribution in [3.05, 3.63) is 34.3 Å². The van der Waals surface area contributed by atoms with Crippen LogP contribution in [0.4, 0.5) is 3.89 Å². The van der Waals surface area contributed by atoms with Crippen LogP contribution in [0.25, 0.3) is 0 Å². The number of halogens is 2. The molecule has 0 atom stereocenters. The van der Waals surface area contributed by atoms with Gasteiger partial charge < -0.3 is 0 Å². The van der Waals surface area contributed by atoms with Crippen molar-refractivity contribution in [2.24, 2.45) is 0 Å². The van der Waals surface area contributed by atoms with Gasteiger partial charge in [0.1, 0.15) is 0 Å². The van der Waals surface area contributed by atoms with Gasteiger partial charge in [-0.3, -0.25) is 0 Å². The van der Waals surface area contributed by atoms with E-state index >= 15 is 0 Å². The molecule has 0 aromatic heterocycles. The monoisotopic (exact) mass is 266 g/mol. The van der Waals surface area contributed by atoms with Gasteiger partial charge in [0.2, 0.25) is 0 Å². The van der Waals surface area contributed by atoms with Gasteiger partial charge >= 0.3 is 10.2 Å². The third-order valence-electron chi connectivity index (χ3n) is 1.57. The summed E-state index contributed by atoms with van der Waals surface area (Å²) in [6.07, 6.45) is 0.195. The van der Waals surface area contributed by atoms with Crippen LogP contribution >= 0.6 is 15.9 Å². The molecule has 0 aliphatic rings. The molecule has 72 valence electrons. The Bertz CT molecular complexity index is 389. The molecule has 1 aromatic carbocycles. The molecule has 1 aromatic rings. The number of rotatable bonds is 3. The molecular weight excluding hydrogens is 259 g/mol. The van der Waals surface area contributed by atoms with Crippen LogP contribution in [0, 0.1) is 0 Å². The van der Waals surface area contributed by atoms with Crippen LogP contribution in [0.1, 0.15) is 5.56 Å². The third-order valence-corrected chi connectivity index (χ3v) is 3.04. The van der Waals surface area contributed by atoms with Crippen molar-refractivity contribution in [1.29, 1.82) is 0 Å². The van der Waals surface area contributed by atoms with E-state index in [9.17, 15) is 12.3 Å². The first-order valence-corrected chi connectivity index (χ1v) is 5.99. The first-order chi connectivity index (χ1) is 5.99. The lowest BCUT2D eigenvalue weighted by Gasteiger charge is -2.00. The predicted octanol–water partition coefficient (Wildman–Crippen LogP) is 2.29. The highest BCUT2D eigenvalue weighted by Gasteiger charge is 2.08. The summed E-state index contributed by atoms with van der Waals surface area (Å²) >= 11 is 3.25. The number of benzene rings is 1. The molecule has 0 aliphatic carbocycles. The first-order valence-electron chi connectivity index (χ1n) is 3.65. The van der Waals surface area contributed by atoms with E-state index in [-0.39, 0.29) is 6.42 Å². The van der Waals surface area contributed by atoms with Gasteiger partial charge in [0.25, 0.3) is 0 Å². The zero-order chi connectivity index (χ0) is 9.90. The van der Waals surface area contributed by atoms with Crippen LogP contribution in [-0.4, -0.2) is 14.2 Å². The van der Waals surface area contributed by atoms with Crippen molar-refractivity contribution >= 4 is 26.2 Å². The number of hydrogen-bond acceptors (Lipinski definition) is 2. The van der Waals surface area contributed by atoms with E-state index in [0.717, 1.165) is 10.0 Å². The normalized spacial score (nSPS) is 11.5. The average molecular weight is 267 g/mol. The van der Waals surface area contributed by atoms with Crippen LogP contribution in [0.5, 0.6) is 0 Å². The molecule has 0 amide bonds. The molecule has 1 rings (SSSR count). The standard InChI is InChI=1S/C8H8BrFO2S/c9-8-4-2-1-3-7(8)5-6-13(10,11)12/h1-4H,5-6H2. The average Bonchev–Trinajstić information content (AvgIpc) is 2.01. The van der Waals surface area contributed by atoms with Gasteiger partial charge in [-0.1, -0.05) is 34.1 Å². The minimum atomic E-state index is -4.36. The largest absolute Gasteiger partial charge is 0.302 e. The summed E-state index contributed by atoms with van der Waals surface area (Å²) in [4.78, 5) is 0. The van der Waals surface area contributed by atoms with E-state index in [1.165, 1.54) is 0 Å². The van der Waals surface area contributed by atoms with Crippen LogP contribution in [0.2, 0.25) is 0 Å². The second kappa shape index (κ2) is 4.19. The van der Waals surface area contributed by atoms with Gasteiger partial charge in [-0.25, -0.2) is 0 Å². The highest BCUT2D eigenvalue weighted by Crippen LogP contribution is 2.16. The lowest BCUT2D eigenvalue weighted by Crippen LogP contribution is -2.02. The Kier molecular flexibility index (Phi) is 3.44. The van der Waals surface area contributed by atoms with Crippen LogP contribution in [0.3, 0.4) is 0 Å². The predicted molar refractivity (Wildman–Crippen MR) is 52.7 cm³/mol. The van der Waals surface area contributed by atoms with E-state index in [1.807, 2.05) is 6.07 Å². The van der Waals surface area contributed by atoms with Gasteiger partial charge in [-0.2, -0.15) is 8.42 Å². The summed E-state index contributed by atoms with van der Waals surface area (Å²) in [6, 6.07) is 7.15. The summed E-state index contributed by atoms with van der Waals surface area (Å²) in [7, 11) is -4.36. The molecular formula is C8H8BrFO2S. The summed E-state index contributed by atoms with van der Waals surface area (Å²) in [5.74, 6) is -0.463. The maximum atomic E-state index is 12.2. The Labute approximate surface area is 85.1 Å². The quantitative estimate of drug-likeness (QED) is 0.787. The van der Waals surface area contributed by atoms with Crippen molar-refractivity contribution in [2.75, 3.05) is 5.75 Å². The fourth-order valence-electron chi connectivity index (χ4n) is 0.933. The van der Waals surface area contributed by atoms with E-state index < -0.39 is 16.0 Å². The Morgan fingerprint density at radius 2 is 1.92 bits per heavy atom. The van der Waals surface area contributed by atoms with Gasteiger partial charge in [-0.15, -0.1) is 3.89 Å². The maximum absolute atomic E-state index is 12.2. The molecule has 0 saturated carbocycles. The second-order valence-electron chi connectivity index (χ2n) is 2.58. The molecule has 13 heavy (non-hydrogen) atoms. The first kappa shape index (κ1) is 10.7. The molecule has 0 aliphatic heterocycles. The summed E-state index contributed by atoms with van der Waals surface area (Å²) in [6.45, 7) is 0. The fourth-order valence-corrected chi connectivity index (χ4v) is 1.88. The van der Waals surface area contributed by atoms with Gasteiger partial charge in [0.05, 0.1) is 5.75 Å². The topological polar surface area (TPSA) is 34.1 Å². The van der Waals surface area contributed by atoms with Crippen molar-refractivity contribution in [3.8, 4) is 0 Å². The van der Waals surface area contributed by atoms with E-state index in [1.54, 1.807) is 18.2 Å². The van der Waals surface area contributed by atoms with Crippen molar-refractivity contribution < 1.29 is 12.3 Å². The lowest BCUT2D eigenvalue weighted by molar-refractivity contribution is 0.551. The minimum Gasteiger partial charge on any atom is -0.195 e. The van der Waals surface area contributed by atoms with E-state index in [0.29, 0.717) is 0 Å². The Hall–Kier alpha value is -0.420. The summed E-state index contributed by atoms with van der Waals surface area (Å²) < 4.78 is 33.4. The van der Waals surface area contributed by atoms with Crippen LogP contribution < -0.4 is 0 Å². The molecule has 0 radical (unpaired) electrons. The van der Waals surface area contributed by atoms with Crippen molar-refractivity contribution in [3.63, 3.8) is 0 Å². The molecule has 0 unspecified atom stereocenters. The van der Waals surface area contributed by atoms with Crippen LogP contribution in [-0.2, 0) is 16.6 Å². The fraction of sp³-hybridized carbons (Fsp3) is 0.250.